The Morgan fingerprint density at radius 3 is 0.687 bits per heavy atom. The largest absolute Gasteiger partial charge is 0.472 e. The zero-order chi connectivity index (χ0) is 72.8. The minimum atomic E-state index is -4.96. The Labute approximate surface area is 607 Å². The van der Waals surface area contributed by atoms with Gasteiger partial charge in [-0.2, -0.15) is 0 Å². The molecule has 0 saturated heterocycles. The first-order valence-electron chi connectivity index (χ1n) is 41.5. The number of unbranched alkanes of at least 4 members (excludes halogenated alkanes) is 49. The highest BCUT2D eigenvalue weighted by molar-refractivity contribution is 7.47. The Morgan fingerprint density at radius 2 is 0.465 bits per heavy atom. The maximum Gasteiger partial charge on any atom is 0.472 e. The lowest BCUT2D eigenvalue weighted by Crippen LogP contribution is -2.30. The summed E-state index contributed by atoms with van der Waals surface area (Å²) in [6, 6.07) is 0. The molecule has 19 heteroatoms. The van der Waals surface area contributed by atoms with E-state index in [4.69, 9.17) is 37.0 Å². The number of phosphoric ester groups is 2. The van der Waals surface area contributed by atoms with E-state index in [1.807, 2.05) is 0 Å². The van der Waals surface area contributed by atoms with Gasteiger partial charge >= 0.3 is 39.5 Å². The van der Waals surface area contributed by atoms with Gasteiger partial charge < -0.3 is 33.8 Å². The van der Waals surface area contributed by atoms with Gasteiger partial charge in [0.25, 0.3) is 0 Å². The number of aliphatic hydroxyl groups is 1. The molecule has 0 heterocycles. The van der Waals surface area contributed by atoms with Gasteiger partial charge in [0.2, 0.25) is 0 Å². The van der Waals surface area contributed by atoms with E-state index in [1.54, 1.807) is 0 Å². The minimum absolute atomic E-state index is 0.108. The summed E-state index contributed by atoms with van der Waals surface area (Å²) >= 11 is 0. The molecular formula is C80H156O17P2. The zero-order valence-electron chi connectivity index (χ0n) is 64.8. The van der Waals surface area contributed by atoms with Gasteiger partial charge in [-0.15, -0.1) is 0 Å². The summed E-state index contributed by atoms with van der Waals surface area (Å²) < 4.78 is 68.7. The number of hydrogen-bond donors (Lipinski definition) is 3. The average Bonchev–Trinajstić information content (AvgIpc) is 0.988. The summed E-state index contributed by atoms with van der Waals surface area (Å²) in [6.07, 6.45) is 61.0. The highest BCUT2D eigenvalue weighted by Crippen LogP contribution is 2.45. The van der Waals surface area contributed by atoms with Crippen molar-refractivity contribution in [3.05, 3.63) is 0 Å². The topological polar surface area (TPSA) is 237 Å². The summed E-state index contributed by atoms with van der Waals surface area (Å²) in [5.41, 5.74) is 0. The van der Waals surface area contributed by atoms with Crippen molar-refractivity contribution in [2.24, 2.45) is 11.8 Å². The number of rotatable bonds is 79. The maximum atomic E-state index is 13.1. The molecule has 5 atom stereocenters. The molecule has 3 N–H and O–H groups in total. The van der Waals surface area contributed by atoms with Crippen molar-refractivity contribution in [2.45, 2.75) is 439 Å². The second kappa shape index (κ2) is 71.7. The first kappa shape index (κ1) is 97.1. The molecule has 0 radical (unpaired) electrons. The van der Waals surface area contributed by atoms with Crippen molar-refractivity contribution in [3.63, 3.8) is 0 Å². The molecule has 0 saturated carbocycles. The number of ether oxygens (including phenoxy) is 4. The normalized spacial score (nSPS) is 13.9. The molecule has 0 aliphatic rings. The molecule has 0 fully saturated rings. The number of carbonyl (C=O) groups excluding carboxylic acids is 4. The lowest BCUT2D eigenvalue weighted by Gasteiger charge is -2.21. The molecule has 0 aromatic carbocycles. The van der Waals surface area contributed by atoms with Crippen LogP contribution >= 0.6 is 15.6 Å². The van der Waals surface area contributed by atoms with Crippen LogP contribution in [0.4, 0.5) is 0 Å². The van der Waals surface area contributed by atoms with Crippen LogP contribution in [0, 0.1) is 11.8 Å². The third-order valence-electron chi connectivity index (χ3n) is 18.7. The van der Waals surface area contributed by atoms with Crippen LogP contribution in [0.5, 0.6) is 0 Å². The van der Waals surface area contributed by atoms with Gasteiger partial charge in [-0.25, -0.2) is 9.13 Å². The van der Waals surface area contributed by atoms with Gasteiger partial charge in [0.05, 0.1) is 26.4 Å². The molecule has 588 valence electrons. The van der Waals surface area contributed by atoms with Crippen LogP contribution in [0.15, 0.2) is 0 Å². The van der Waals surface area contributed by atoms with E-state index in [0.717, 1.165) is 102 Å². The summed E-state index contributed by atoms with van der Waals surface area (Å²) in [7, 11) is -9.92. The number of hydrogen-bond acceptors (Lipinski definition) is 15. The highest BCUT2D eigenvalue weighted by Gasteiger charge is 2.30. The lowest BCUT2D eigenvalue weighted by atomic mass is 10.0. The van der Waals surface area contributed by atoms with E-state index >= 15 is 0 Å². The van der Waals surface area contributed by atoms with Gasteiger partial charge in [-0.3, -0.25) is 37.3 Å². The Morgan fingerprint density at radius 1 is 0.273 bits per heavy atom. The van der Waals surface area contributed by atoms with E-state index in [-0.39, 0.29) is 25.7 Å². The number of phosphoric acid groups is 2. The fraction of sp³-hybridized carbons (Fsp3) is 0.950. The first-order chi connectivity index (χ1) is 47.9. The fourth-order valence-corrected chi connectivity index (χ4v) is 13.9. The third kappa shape index (κ3) is 74.1. The Hall–Kier alpha value is -1.94. The van der Waals surface area contributed by atoms with Crippen molar-refractivity contribution >= 4 is 39.5 Å². The van der Waals surface area contributed by atoms with Crippen molar-refractivity contribution in [1.82, 2.24) is 0 Å². The lowest BCUT2D eigenvalue weighted by molar-refractivity contribution is -0.161. The molecular weight excluding hydrogens is 1290 g/mol. The van der Waals surface area contributed by atoms with Crippen LogP contribution in [0.2, 0.25) is 0 Å². The standard InChI is InChI=1S/C80H156O17P2/c1-7-9-11-13-15-17-19-33-40-46-52-58-64-79(84)96-75(68-90-77(82)62-56-50-44-38-30-18-16-14-12-10-8-2)70-94-98(86,87)92-66-74(81)67-93-99(88,89)95-71-76(69-91-78(83)63-57-51-45-39-34-29-28-32-37-43-49-55-61-73(5)6)97-80(85)65-59-53-47-41-35-27-25-23-21-20-22-24-26-31-36-42-48-54-60-72(3)4/h72-76,81H,7-71H2,1-6H3,(H,86,87)(H,88,89)/t74-,75+,76+/m0/s1. The molecule has 0 amide bonds. The maximum absolute atomic E-state index is 13.1. The molecule has 0 aromatic heterocycles. The van der Waals surface area contributed by atoms with Gasteiger partial charge in [-0.05, 0) is 37.5 Å². The number of aliphatic hydroxyl groups excluding tert-OH is 1. The van der Waals surface area contributed by atoms with Crippen molar-refractivity contribution < 1.29 is 80.2 Å². The Kier molecular flexibility index (Phi) is 70.3. The molecule has 0 aliphatic heterocycles. The van der Waals surface area contributed by atoms with Crippen LogP contribution in [0.3, 0.4) is 0 Å². The Balaban J connectivity index is 5.22. The van der Waals surface area contributed by atoms with E-state index < -0.39 is 97.5 Å². The molecule has 0 aromatic rings. The van der Waals surface area contributed by atoms with Crippen molar-refractivity contribution in [3.8, 4) is 0 Å². The molecule has 0 bridgehead atoms. The van der Waals surface area contributed by atoms with Crippen molar-refractivity contribution in [2.75, 3.05) is 39.6 Å². The van der Waals surface area contributed by atoms with Crippen LogP contribution in [0.25, 0.3) is 0 Å². The summed E-state index contributed by atoms with van der Waals surface area (Å²) in [5, 5.41) is 10.6. The van der Waals surface area contributed by atoms with E-state index in [1.165, 1.54) is 238 Å². The average molecular weight is 1450 g/mol. The third-order valence-corrected chi connectivity index (χ3v) is 20.6. The minimum Gasteiger partial charge on any atom is -0.462 e. The Bertz CT molecular complexity index is 1910. The van der Waals surface area contributed by atoms with Gasteiger partial charge in [0.15, 0.2) is 12.2 Å². The summed E-state index contributed by atoms with van der Waals surface area (Å²) in [4.78, 5) is 72.9. The molecule has 17 nitrogen and oxygen atoms in total. The fourth-order valence-electron chi connectivity index (χ4n) is 12.4. The monoisotopic (exact) mass is 1450 g/mol. The molecule has 99 heavy (non-hydrogen) atoms. The van der Waals surface area contributed by atoms with Crippen LogP contribution in [-0.4, -0.2) is 96.7 Å². The van der Waals surface area contributed by atoms with E-state index in [0.29, 0.717) is 25.7 Å². The predicted molar refractivity (Wildman–Crippen MR) is 405 cm³/mol. The van der Waals surface area contributed by atoms with Crippen molar-refractivity contribution in [1.29, 1.82) is 0 Å². The number of carbonyl (C=O) groups is 4. The number of esters is 4. The van der Waals surface area contributed by atoms with Gasteiger partial charge in [-0.1, -0.05) is 369 Å². The van der Waals surface area contributed by atoms with Crippen LogP contribution < -0.4 is 0 Å². The summed E-state index contributed by atoms with van der Waals surface area (Å²) in [6.45, 7) is 9.67. The second-order valence-corrected chi connectivity index (χ2v) is 32.7. The second-order valence-electron chi connectivity index (χ2n) is 29.8. The SMILES string of the molecule is CCCCCCCCCCCCCCC(=O)O[C@H](COC(=O)CCCCCCCCCCCCC)COP(=O)(O)OC[C@H](O)COP(=O)(O)OC[C@@H](COC(=O)CCCCCCCCCCCCCCC(C)C)OC(=O)CCCCCCCCCCCCCCCCCCCCC(C)C. The molecule has 0 aliphatic carbocycles. The zero-order valence-corrected chi connectivity index (χ0v) is 66.6. The van der Waals surface area contributed by atoms with E-state index in [2.05, 4.69) is 41.5 Å². The van der Waals surface area contributed by atoms with Gasteiger partial charge in [0.1, 0.15) is 19.3 Å². The van der Waals surface area contributed by atoms with Gasteiger partial charge in [0, 0.05) is 25.7 Å². The quantitative estimate of drug-likeness (QED) is 0.0222. The first-order valence-corrected chi connectivity index (χ1v) is 44.5. The predicted octanol–water partition coefficient (Wildman–Crippen LogP) is 23.9. The summed E-state index contributed by atoms with van der Waals surface area (Å²) in [5.74, 6) is -0.506. The molecule has 0 rings (SSSR count). The molecule has 0 spiro atoms. The smallest absolute Gasteiger partial charge is 0.462 e. The molecule has 2 unspecified atom stereocenters. The van der Waals surface area contributed by atoms with Crippen LogP contribution in [-0.2, 0) is 65.4 Å². The highest BCUT2D eigenvalue weighted by atomic mass is 31.2. The van der Waals surface area contributed by atoms with E-state index in [9.17, 15) is 43.2 Å². The van der Waals surface area contributed by atoms with Crippen LogP contribution in [0.1, 0.15) is 420 Å².